The highest BCUT2D eigenvalue weighted by Gasteiger charge is 2.22. The molecule has 3 nitrogen and oxygen atoms in total. The fourth-order valence-corrected chi connectivity index (χ4v) is 3.19. The van der Waals surface area contributed by atoms with Crippen molar-refractivity contribution in [1.29, 1.82) is 0 Å². The van der Waals surface area contributed by atoms with Crippen molar-refractivity contribution in [2.45, 2.75) is 51.7 Å². The zero-order valence-corrected chi connectivity index (χ0v) is 14.4. The lowest BCUT2D eigenvalue weighted by molar-refractivity contribution is 0.0974. The Kier molecular flexibility index (Phi) is 5.19. The number of rotatable bonds is 6. The molecule has 1 aliphatic heterocycles. The SMILES string of the molecule is CC1CC(=O)c2ccc(OC(C)CCCc3ccccc3)cc2N1. The Labute approximate surface area is 144 Å². The molecule has 1 N–H and O–H groups in total. The Balaban J connectivity index is 1.54. The lowest BCUT2D eigenvalue weighted by atomic mass is 9.97. The van der Waals surface area contributed by atoms with Gasteiger partial charge in [-0.05, 0) is 50.8 Å². The Morgan fingerprint density at radius 1 is 1.21 bits per heavy atom. The lowest BCUT2D eigenvalue weighted by Crippen LogP contribution is -2.26. The van der Waals surface area contributed by atoms with E-state index in [1.165, 1.54) is 5.56 Å². The molecule has 0 bridgehead atoms. The normalized spacial score (nSPS) is 17.8. The molecule has 0 aliphatic carbocycles. The molecule has 3 heteroatoms. The number of carbonyl (C=O) groups is 1. The van der Waals surface area contributed by atoms with E-state index in [0.29, 0.717) is 6.42 Å². The summed E-state index contributed by atoms with van der Waals surface area (Å²) < 4.78 is 6.04. The van der Waals surface area contributed by atoms with Crippen molar-refractivity contribution in [2.75, 3.05) is 5.32 Å². The van der Waals surface area contributed by atoms with E-state index < -0.39 is 0 Å². The highest BCUT2D eigenvalue weighted by Crippen LogP contribution is 2.29. The van der Waals surface area contributed by atoms with E-state index in [1.54, 1.807) is 0 Å². The van der Waals surface area contributed by atoms with Gasteiger partial charge in [0.15, 0.2) is 5.78 Å². The highest BCUT2D eigenvalue weighted by molar-refractivity contribution is 6.03. The molecule has 1 heterocycles. The third kappa shape index (κ3) is 4.16. The fourth-order valence-electron chi connectivity index (χ4n) is 3.19. The van der Waals surface area contributed by atoms with Gasteiger partial charge in [-0.3, -0.25) is 4.79 Å². The largest absolute Gasteiger partial charge is 0.491 e. The van der Waals surface area contributed by atoms with E-state index in [2.05, 4.69) is 36.5 Å². The molecule has 2 aromatic carbocycles. The topological polar surface area (TPSA) is 38.3 Å². The maximum absolute atomic E-state index is 12.0. The van der Waals surface area contributed by atoms with Gasteiger partial charge in [-0.15, -0.1) is 0 Å². The first-order valence-electron chi connectivity index (χ1n) is 8.76. The fraction of sp³-hybridized carbons (Fsp3) is 0.381. The summed E-state index contributed by atoms with van der Waals surface area (Å²) in [6, 6.07) is 16.5. The minimum Gasteiger partial charge on any atom is -0.491 e. The molecule has 1 aliphatic rings. The quantitative estimate of drug-likeness (QED) is 0.824. The molecular formula is C21H25NO2. The second-order valence-corrected chi connectivity index (χ2v) is 6.69. The van der Waals surface area contributed by atoms with Crippen LogP contribution in [-0.2, 0) is 6.42 Å². The van der Waals surface area contributed by atoms with Crippen molar-refractivity contribution < 1.29 is 9.53 Å². The van der Waals surface area contributed by atoms with E-state index in [0.717, 1.165) is 36.3 Å². The van der Waals surface area contributed by atoms with Gasteiger partial charge in [0, 0.05) is 29.8 Å². The number of fused-ring (bicyclic) bond motifs is 1. The molecule has 0 fully saturated rings. The number of nitrogens with one attached hydrogen (secondary N) is 1. The first kappa shape index (κ1) is 16.6. The number of aryl methyl sites for hydroxylation is 1. The summed E-state index contributed by atoms with van der Waals surface area (Å²) in [5.41, 5.74) is 3.04. The monoisotopic (exact) mass is 323 g/mol. The molecular weight excluding hydrogens is 298 g/mol. The average Bonchev–Trinajstić information content (AvgIpc) is 2.55. The number of Topliss-reactive ketones (excluding diaryl/α,β-unsaturated/α-hetero) is 1. The van der Waals surface area contributed by atoms with E-state index in [9.17, 15) is 4.79 Å². The maximum atomic E-state index is 12.0. The molecule has 0 saturated heterocycles. The van der Waals surface area contributed by atoms with Crippen LogP contribution in [-0.4, -0.2) is 17.9 Å². The van der Waals surface area contributed by atoms with E-state index in [1.807, 2.05) is 31.2 Å². The molecule has 2 atom stereocenters. The van der Waals surface area contributed by atoms with Crippen LogP contribution in [0.25, 0.3) is 0 Å². The van der Waals surface area contributed by atoms with E-state index in [-0.39, 0.29) is 17.9 Å². The van der Waals surface area contributed by atoms with Crippen molar-refractivity contribution in [3.05, 3.63) is 59.7 Å². The Morgan fingerprint density at radius 3 is 2.79 bits per heavy atom. The van der Waals surface area contributed by atoms with E-state index >= 15 is 0 Å². The van der Waals surface area contributed by atoms with Gasteiger partial charge in [0.1, 0.15) is 5.75 Å². The predicted molar refractivity (Wildman–Crippen MR) is 97.9 cm³/mol. The van der Waals surface area contributed by atoms with Gasteiger partial charge in [-0.1, -0.05) is 30.3 Å². The minimum atomic E-state index is 0.156. The molecule has 0 amide bonds. The van der Waals surface area contributed by atoms with Crippen LogP contribution in [0.5, 0.6) is 5.75 Å². The number of hydrogen-bond acceptors (Lipinski definition) is 3. The van der Waals surface area contributed by atoms with Gasteiger partial charge in [0.05, 0.1) is 6.10 Å². The van der Waals surface area contributed by atoms with Crippen LogP contribution < -0.4 is 10.1 Å². The summed E-state index contributed by atoms with van der Waals surface area (Å²) in [5, 5.41) is 3.37. The lowest BCUT2D eigenvalue weighted by Gasteiger charge is -2.24. The number of benzene rings is 2. The molecule has 3 rings (SSSR count). The summed E-state index contributed by atoms with van der Waals surface area (Å²) in [7, 11) is 0. The summed E-state index contributed by atoms with van der Waals surface area (Å²) >= 11 is 0. The van der Waals surface area contributed by atoms with Gasteiger partial charge in [-0.2, -0.15) is 0 Å². The summed E-state index contributed by atoms with van der Waals surface area (Å²) in [6.45, 7) is 4.13. The van der Waals surface area contributed by atoms with Crippen molar-refractivity contribution in [2.24, 2.45) is 0 Å². The Hall–Kier alpha value is -2.29. The van der Waals surface area contributed by atoms with Crippen molar-refractivity contribution in [3.8, 4) is 5.75 Å². The maximum Gasteiger partial charge on any atom is 0.166 e. The number of ether oxygens (including phenoxy) is 1. The molecule has 2 aromatic rings. The zero-order chi connectivity index (χ0) is 16.9. The second kappa shape index (κ2) is 7.52. The summed E-state index contributed by atoms with van der Waals surface area (Å²) in [6.07, 6.45) is 3.90. The molecule has 126 valence electrons. The summed E-state index contributed by atoms with van der Waals surface area (Å²) in [4.78, 5) is 12.0. The molecule has 0 spiro atoms. The number of hydrogen-bond donors (Lipinski definition) is 1. The van der Waals surface area contributed by atoms with Crippen molar-refractivity contribution in [1.82, 2.24) is 0 Å². The second-order valence-electron chi connectivity index (χ2n) is 6.69. The highest BCUT2D eigenvalue weighted by atomic mass is 16.5. The van der Waals surface area contributed by atoms with Gasteiger partial charge in [0.25, 0.3) is 0 Å². The molecule has 0 aromatic heterocycles. The third-order valence-corrected chi connectivity index (χ3v) is 4.44. The van der Waals surface area contributed by atoms with Crippen LogP contribution >= 0.6 is 0 Å². The number of ketones is 1. The van der Waals surface area contributed by atoms with Crippen LogP contribution in [0, 0.1) is 0 Å². The number of carbonyl (C=O) groups excluding carboxylic acids is 1. The standard InChI is InChI=1S/C21H25NO2/c1-15-13-21(23)19-12-11-18(14-20(19)22-15)24-16(2)7-6-10-17-8-4-3-5-9-17/h3-5,8-9,11-12,14-16,22H,6-7,10,13H2,1-2H3. The van der Waals surface area contributed by atoms with Gasteiger partial charge >= 0.3 is 0 Å². The smallest absolute Gasteiger partial charge is 0.166 e. The third-order valence-electron chi connectivity index (χ3n) is 4.44. The van der Waals surface area contributed by atoms with Crippen LogP contribution in [0.15, 0.2) is 48.5 Å². The van der Waals surface area contributed by atoms with Crippen molar-refractivity contribution in [3.63, 3.8) is 0 Å². The zero-order valence-electron chi connectivity index (χ0n) is 14.4. The van der Waals surface area contributed by atoms with Crippen LogP contribution in [0.2, 0.25) is 0 Å². The van der Waals surface area contributed by atoms with Gasteiger partial charge in [-0.25, -0.2) is 0 Å². The van der Waals surface area contributed by atoms with E-state index in [4.69, 9.17) is 4.74 Å². The summed E-state index contributed by atoms with van der Waals surface area (Å²) in [5.74, 6) is 1.04. The molecule has 24 heavy (non-hydrogen) atoms. The van der Waals surface area contributed by atoms with Crippen LogP contribution in [0.4, 0.5) is 5.69 Å². The molecule has 0 radical (unpaired) electrons. The average molecular weight is 323 g/mol. The van der Waals surface area contributed by atoms with Gasteiger partial charge in [0.2, 0.25) is 0 Å². The van der Waals surface area contributed by atoms with Crippen molar-refractivity contribution >= 4 is 11.5 Å². The first-order chi connectivity index (χ1) is 11.6. The number of anilines is 1. The Bertz CT molecular complexity index is 696. The Morgan fingerprint density at radius 2 is 2.00 bits per heavy atom. The van der Waals surface area contributed by atoms with Crippen LogP contribution in [0.3, 0.4) is 0 Å². The first-order valence-corrected chi connectivity index (χ1v) is 8.76. The minimum absolute atomic E-state index is 0.156. The molecule has 2 unspecified atom stereocenters. The van der Waals surface area contributed by atoms with Crippen LogP contribution in [0.1, 0.15) is 49.0 Å². The predicted octanol–water partition coefficient (Wildman–Crippen LogP) is 4.86. The van der Waals surface area contributed by atoms with Gasteiger partial charge < -0.3 is 10.1 Å². The molecule has 0 saturated carbocycles.